The van der Waals surface area contributed by atoms with Crippen molar-refractivity contribution in [1.82, 2.24) is 20.6 Å². The summed E-state index contributed by atoms with van der Waals surface area (Å²) in [6.07, 6.45) is 0.730. The standard InChI is InChI=1S/C31H29N5O4/c1-39-28-15-12-21(18-29(28)40-2)16-17-36(25-7-5-6-24(19-25)31(37)38)20-22-10-13-23(14-11-22)26-8-3-4-9-27(26)30-32-34-35-33-30/h3-15,18-19H,16-17,20H2,1-2H3,(H,37,38)(H,32,33,34,35). The van der Waals surface area contributed by atoms with Crippen LogP contribution < -0.4 is 14.4 Å². The Kier molecular flexibility index (Phi) is 8.01. The van der Waals surface area contributed by atoms with Gasteiger partial charge in [0.1, 0.15) is 0 Å². The number of benzene rings is 4. The van der Waals surface area contributed by atoms with E-state index in [0.717, 1.165) is 39.9 Å². The predicted molar refractivity (Wildman–Crippen MR) is 153 cm³/mol. The third-order valence-electron chi connectivity index (χ3n) is 6.73. The molecule has 0 radical (unpaired) electrons. The molecule has 9 nitrogen and oxygen atoms in total. The van der Waals surface area contributed by atoms with Gasteiger partial charge < -0.3 is 19.5 Å². The SMILES string of the molecule is COc1ccc(CCN(Cc2ccc(-c3ccccc3-c3nn[nH]n3)cc2)c2cccc(C(=O)O)c2)cc1OC. The summed E-state index contributed by atoms with van der Waals surface area (Å²) in [6, 6.07) is 29.2. The van der Waals surface area contributed by atoms with E-state index in [9.17, 15) is 9.90 Å². The van der Waals surface area contributed by atoms with Gasteiger partial charge in [0, 0.05) is 24.3 Å². The van der Waals surface area contributed by atoms with Crippen molar-refractivity contribution >= 4 is 11.7 Å². The summed E-state index contributed by atoms with van der Waals surface area (Å²) in [7, 11) is 3.24. The van der Waals surface area contributed by atoms with E-state index in [1.165, 1.54) is 0 Å². The molecule has 0 aliphatic heterocycles. The Morgan fingerprint density at radius 3 is 2.30 bits per heavy atom. The largest absolute Gasteiger partial charge is 0.493 e. The molecule has 0 atom stereocenters. The quantitative estimate of drug-likeness (QED) is 0.228. The average Bonchev–Trinajstić information content (AvgIpc) is 3.54. The molecular formula is C31H29N5O4. The minimum atomic E-state index is -0.952. The zero-order valence-corrected chi connectivity index (χ0v) is 22.2. The van der Waals surface area contributed by atoms with Gasteiger partial charge in [-0.1, -0.05) is 60.7 Å². The second-order valence-corrected chi connectivity index (χ2v) is 9.19. The van der Waals surface area contributed by atoms with Crippen molar-refractivity contribution in [2.24, 2.45) is 0 Å². The normalized spacial score (nSPS) is 10.8. The van der Waals surface area contributed by atoms with Gasteiger partial charge >= 0.3 is 5.97 Å². The van der Waals surface area contributed by atoms with Gasteiger partial charge in [0.15, 0.2) is 11.5 Å². The molecule has 0 saturated heterocycles. The maximum Gasteiger partial charge on any atom is 0.335 e. The highest BCUT2D eigenvalue weighted by atomic mass is 16.5. The molecule has 1 heterocycles. The van der Waals surface area contributed by atoms with Crippen molar-refractivity contribution in [2.75, 3.05) is 25.7 Å². The van der Waals surface area contributed by atoms with E-state index in [-0.39, 0.29) is 5.56 Å². The van der Waals surface area contributed by atoms with E-state index in [2.05, 4.69) is 49.8 Å². The minimum absolute atomic E-state index is 0.252. The Bertz CT molecular complexity index is 1590. The summed E-state index contributed by atoms with van der Waals surface area (Å²) in [5, 5.41) is 24.0. The van der Waals surface area contributed by atoms with E-state index in [1.807, 2.05) is 48.5 Å². The van der Waals surface area contributed by atoms with Gasteiger partial charge in [0.05, 0.1) is 19.8 Å². The second kappa shape index (κ2) is 12.1. The molecule has 1 aromatic heterocycles. The monoisotopic (exact) mass is 535 g/mol. The number of carboxylic acid groups (broad SMARTS) is 1. The van der Waals surface area contributed by atoms with Gasteiger partial charge in [0.2, 0.25) is 5.82 Å². The molecule has 5 aromatic rings. The van der Waals surface area contributed by atoms with E-state index >= 15 is 0 Å². The summed E-state index contributed by atoms with van der Waals surface area (Å²) in [5.74, 6) is 0.944. The number of aromatic nitrogens is 4. The summed E-state index contributed by atoms with van der Waals surface area (Å²) >= 11 is 0. The number of anilines is 1. The van der Waals surface area contributed by atoms with Crippen LogP contribution >= 0.6 is 0 Å². The lowest BCUT2D eigenvalue weighted by Gasteiger charge is -2.26. The topological polar surface area (TPSA) is 113 Å². The van der Waals surface area contributed by atoms with Gasteiger partial charge in [-0.2, -0.15) is 5.21 Å². The summed E-state index contributed by atoms with van der Waals surface area (Å²) in [6.45, 7) is 1.27. The Balaban J connectivity index is 1.40. The molecule has 0 amide bonds. The first-order valence-electron chi connectivity index (χ1n) is 12.8. The zero-order chi connectivity index (χ0) is 27.9. The van der Waals surface area contributed by atoms with E-state index in [0.29, 0.717) is 30.4 Å². The van der Waals surface area contributed by atoms with Gasteiger partial charge in [-0.25, -0.2) is 4.79 Å². The summed E-state index contributed by atoms with van der Waals surface area (Å²) in [5.41, 5.74) is 6.21. The third-order valence-corrected chi connectivity index (χ3v) is 6.73. The van der Waals surface area contributed by atoms with Crippen molar-refractivity contribution in [3.8, 4) is 34.0 Å². The Morgan fingerprint density at radius 1 is 0.850 bits per heavy atom. The molecule has 0 saturated carbocycles. The number of H-pyrrole nitrogens is 1. The fraction of sp³-hybridized carbons (Fsp3) is 0.161. The molecule has 0 aliphatic carbocycles. The summed E-state index contributed by atoms with van der Waals surface area (Å²) < 4.78 is 10.8. The Labute approximate surface area is 232 Å². The number of rotatable bonds is 11. The van der Waals surface area contributed by atoms with Crippen molar-refractivity contribution in [3.05, 3.63) is 108 Å². The number of aromatic carboxylic acids is 1. The molecule has 202 valence electrons. The van der Waals surface area contributed by atoms with Crippen molar-refractivity contribution < 1.29 is 19.4 Å². The molecule has 5 rings (SSSR count). The maximum absolute atomic E-state index is 11.7. The molecular weight excluding hydrogens is 506 g/mol. The molecule has 0 fully saturated rings. The van der Waals surface area contributed by atoms with Crippen LogP contribution in [0.15, 0.2) is 91.0 Å². The van der Waals surface area contributed by atoms with Crippen molar-refractivity contribution in [1.29, 1.82) is 0 Å². The van der Waals surface area contributed by atoms with Crippen LogP contribution in [-0.4, -0.2) is 52.5 Å². The average molecular weight is 536 g/mol. The number of carbonyl (C=O) groups is 1. The molecule has 2 N–H and O–H groups in total. The van der Waals surface area contributed by atoms with Crippen LogP contribution in [0, 0.1) is 0 Å². The number of tetrazole rings is 1. The fourth-order valence-corrected chi connectivity index (χ4v) is 4.65. The fourth-order valence-electron chi connectivity index (χ4n) is 4.65. The third kappa shape index (κ3) is 5.94. The maximum atomic E-state index is 11.7. The van der Waals surface area contributed by atoms with Crippen LogP contribution in [0.25, 0.3) is 22.5 Å². The predicted octanol–water partition coefficient (Wildman–Crippen LogP) is 5.50. The number of ether oxygens (including phenoxy) is 2. The number of methoxy groups -OCH3 is 2. The van der Waals surface area contributed by atoms with Crippen LogP contribution in [0.2, 0.25) is 0 Å². The number of hydrogen-bond acceptors (Lipinski definition) is 7. The number of nitrogens with one attached hydrogen (secondary N) is 1. The van der Waals surface area contributed by atoms with Crippen LogP contribution in [0.5, 0.6) is 11.5 Å². The summed E-state index contributed by atoms with van der Waals surface area (Å²) in [4.78, 5) is 13.9. The van der Waals surface area contributed by atoms with Crippen LogP contribution in [-0.2, 0) is 13.0 Å². The van der Waals surface area contributed by atoms with Gasteiger partial charge in [-0.05, 0) is 64.2 Å². The number of hydrogen-bond donors (Lipinski definition) is 2. The molecule has 0 spiro atoms. The molecule has 40 heavy (non-hydrogen) atoms. The van der Waals surface area contributed by atoms with Crippen LogP contribution in [0.3, 0.4) is 0 Å². The van der Waals surface area contributed by atoms with Crippen molar-refractivity contribution in [2.45, 2.75) is 13.0 Å². The second-order valence-electron chi connectivity index (χ2n) is 9.19. The first kappa shape index (κ1) is 26.4. The van der Waals surface area contributed by atoms with Gasteiger partial charge in [-0.3, -0.25) is 0 Å². The van der Waals surface area contributed by atoms with Crippen molar-refractivity contribution in [3.63, 3.8) is 0 Å². The highest BCUT2D eigenvalue weighted by Crippen LogP contribution is 2.31. The Hall–Kier alpha value is -5.18. The molecule has 4 aromatic carbocycles. The minimum Gasteiger partial charge on any atom is -0.493 e. The van der Waals surface area contributed by atoms with Crippen LogP contribution in [0.1, 0.15) is 21.5 Å². The first-order valence-corrected chi connectivity index (χ1v) is 12.8. The number of aromatic amines is 1. The lowest BCUT2D eigenvalue weighted by molar-refractivity contribution is 0.0697. The molecule has 0 unspecified atom stereocenters. The van der Waals surface area contributed by atoms with Gasteiger partial charge in [-0.15, -0.1) is 10.2 Å². The van der Waals surface area contributed by atoms with E-state index < -0.39 is 5.97 Å². The highest BCUT2D eigenvalue weighted by molar-refractivity contribution is 5.88. The zero-order valence-electron chi connectivity index (χ0n) is 22.2. The van der Waals surface area contributed by atoms with E-state index in [1.54, 1.807) is 32.4 Å². The number of carboxylic acids is 1. The highest BCUT2D eigenvalue weighted by Gasteiger charge is 2.14. The van der Waals surface area contributed by atoms with E-state index in [4.69, 9.17) is 9.47 Å². The number of nitrogens with zero attached hydrogens (tertiary/aromatic N) is 4. The van der Waals surface area contributed by atoms with Crippen LogP contribution in [0.4, 0.5) is 5.69 Å². The lowest BCUT2D eigenvalue weighted by atomic mass is 9.98. The Morgan fingerprint density at radius 2 is 1.60 bits per heavy atom. The first-order chi connectivity index (χ1) is 19.6. The van der Waals surface area contributed by atoms with Gasteiger partial charge in [0.25, 0.3) is 0 Å². The molecule has 0 bridgehead atoms. The smallest absolute Gasteiger partial charge is 0.335 e. The lowest BCUT2D eigenvalue weighted by Crippen LogP contribution is -2.25. The molecule has 0 aliphatic rings. The molecule has 9 heteroatoms.